The minimum absolute atomic E-state index is 0.822. The summed E-state index contributed by atoms with van der Waals surface area (Å²) in [4.78, 5) is 7.00. The maximum Gasteiger partial charge on any atom is 0.122 e. The second-order valence-corrected chi connectivity index (χ2v) is 6.34. The highest BCUT2D eigenvalue weighted by molar-refractivity contribution is 7.99. The number of nitrogens with zero attached hydrogens (tertiary/aromatic N) is 3. The van der Waals surface area contributed by atoms with Crippen LogP contribution in [0.3, 0.4) is 0 Å². The molecule has 17 heavy (non-hydrogen) atoms. The highest BCUT2D eigenvalue weighted by Crippen LogP contribution is 2.22. The van der Waals surface area contributed by atoms with Crippen LogP contribution in [0.4, 0.5) is 0 Å². The normalized spacial score (nSPS) is 22.6. The summed E-state index contributed by atoms with van der Waals surface area (Å²) >= 11 is 2.12. The standard InChI is InChI=1S/C13H23N3S/c1-3-17-12-6-4-5-8-16(10-12)11-13-14-7-9-15(13)2/h7,9,12H,3-6,8,10-11H2,1-2H3/t12-/m0/s1. The highest BCUT2D eigenvalue weighted by Gasteiger charge is 2.18. The molecule has 96 valence electrons. The van der Waals surface area contributed by atoms with Gasteiger partial charge in [0, 0.05) is 31.2 Å². The van der Waals surface area contributed by atoms with Gasteiger partial charge in [-0.05, 0) is 25.1 Å². The number of thioether (sulfide) groups is 1. The van der Waals surface area contributed by atoms with Crippen LogP contribution in [0.1, 0.15) is 32.0 Å². The van der Waals surface area contributed by atoms with Gasteiger partial charge in [-0.1, -0.05) is 13.3 Å². The lowest BCUT2D eigenvalue weighted by molar-refractivity contribution is 0.270. The molecule has 0 N–H and O–H groups in total. The summed E-state index contributed by atoms with van der Waals surface area (Å²) in [6.07, 6.45) is 8.03. The average molecular weight is 253 g/mol. The van der Waals surface area contributed by atoms with Gasteiger partial charge in [-0.3, -0.25) is 4.90 Å². The number of rotatable bonds is 4. The third kappa shape index (κ3) is 3.75. The molecule has 0 unspecified atom stereocenters. The summed E-state index contributed by atoms with van der Waals surface area (Å²) in [5, 5.41) is 0.822. The molecule has 0 radical (unpaired) electrons. The molecular formula is C13H23N3S. The van der Waals surface area contributed by atoms with Crippen LogP contribution in [0, 0.1) is 0 Å². The lowest BCUT2D eigenvalue weighted by atomic mass is 10.2. The minimum Gasteiger partial charge on any atom is -0.337 e. The highest BCUT2D eigenvalue weighted by atomic mass is 32.2. The first kappa shape index (κ1) is 13.0. The Balaban J connectivity index is 1.92. The molecule has 1 aliphatic heterocycles. The van der Waals surface area contributed by atoms with Gasteiger partial charge in [-0.25, -0.2) is 4.98 Å². The number of aromatic nitrogens is 2. The number of aryl methyl sites for hydroxylation is 1. The summed E-state index contributed by atoms with van der Waals surface area (Å²) in [5.74, 6) is 2.42. The van der Waals surface area contributed by atoms with Crippen molar-refractivity contribution in [2.45, 2.75) is 38.0 Å². The van der Waals surface area contributed by atoms with Crippen LogP contribution >= 0.6 is 11.8 Å². The van der Waals surface area contributed by atoms with Crippen molar-refractivity contribution >= 4 is 11.8 Å². The van der Waals surface area contributed by atoms with Gasteiger partial charge in [0.2, 0.25) is 0 Å². The molecule has 1 atom stereocenters. The van der Waals surface area contributed by atoms with Crippen molar-refractivity contribution in [3.63, 3.8) is 0 Å². The van der Waals surface area contributed by atoms with E-state index < -0.39 is 0 Å². The zero-order valence-electron chi connectivity index (χ0n) is 10.9. The quantitative estimate of drug-likeness (QED) is 0.823. The molecule has 0 aromatic carbocycles. The van der Waals surface area contributed by atoms with Crippen LogP contribution < -0.4 is 0 Å². The Bertz CT molecular complexity index is 337. The largest absolute Gasteiger partial charge is 0.337 e. The molecule has 3 nitrogen and oxygen atoms in total. The second kappa shape index (κ2) is 6.45. The maximum atomic E-state index is 4.43. The fraction of sp³-hybridized carbons (Fsp3) is 0.769. The van der Waals surface area contributed by atoms with Crippen molar-refractivity contribution in [2.75, 3.05) is 18.8 Å². The molecule has 1 aromatic rings. The molecule has 2 rings (SSSR count). The predicted octanol–water partition coefficient (Wildman–Crippen LogP) is 2.53. The van der Waals surface area contributed by atoms with Gasteiger partial charge in [0.25, 0.3) is 0 Å². The van der Waals surface area contributed by atoms with Crippen molar-refractivity contribution in [1.82, 2.24) is 14.5 Å². The van der Waals surface area contributed by atoms with Crippen LogP contribution in [0.5, 0.6) is 0 Å². The van der Waals surface area contributed by atoms with E-state index in [-0.39, 0.29) is 0 Å². The first-order chi connectivity index (χ1) is 8.29. The van der Waals surface area contributed by atoms with Gasteiger partial charge < -0.3 is 4.57 Å². The fourth-order valence-corrected chi connectivity index (χ4v) is 3.56. The summed E-state index contributed by atoms with van der Waals surface area (Å²) in [6, 6.07) is 0. The van der Waals surface area contributed by atoms with E-state index in [0.717, 1.165) is 11.8 Å². The molecule has 4 heteroatoms. The van der Waals surface area contributed by atoms with E-state index in [2.05, 4.69) is 40.2 Å². The molecule has 1 aromatic heterocycles. The predicted molar refractivity (Wildman–Crippen MR) is 74.3 cm³/mol. The van der Waals surface area contributed by atoms with E-state index in [9.17, 15) is 0 Å². The van der Waals surface area contributed by atoms with E-state index in [1.165, 1.54) is 43.9 Å². The smallest absolute Gasteiger partial charge is 0.122 e. The summed E-state index contributed by atoms with van der Waals surface area (Å²) < 4.78 is 2.13. The molecule has 0 aliphatic carbocycles. The average Bonchev–Trinajstić information content (AvgIpc) is 2.59. The summed E-state index contributed by atoms with van der Waals surface area (Å²) in [5.41, 5.74) is 0. The van der Waals surface area contributed by atoms with Crippen LogP contribution in [-0.2, 0) is 13.6 Å². The summed E-state index contributed by atoms with van der Waals surface area (Å²) in [6.45, 7) is 5.72. The van der Waals surface area contributed by atoms with E-state index in [0.29, 0.717) is 0 Å². The zero-order chi connectivity index (χ0) is 12.1. The van der Waals surface area contributed by atoms with Gasteiger partial charge in [0.15, 0.2) is 0 Å². The molecule has 0 spiro atoms. The third-order valence-electron chi connectivity index (χ3n) is 3.40. The zero-order valence-corrected chi connectivity index (χ0v) is 11.7. The van der Waals surface area contributed by atoms with E-state index in [1.807, 2.05) is 12.4 Å². The Morgan fingerprint density at radius 1 is 1.47 bits per heavy atom. The van der Waals surface area contributed by atoms with Crippen molar-refractivity contribution in [1.29, 1.82) is 0 Å². The fourth-order valence-electron chi connectivity index (χ4n) is 2.44. The first-order valence-corrected chi connectivity index (χ1v) is 7.64. The molecule has 1 aliphatic rings. The Hall–Kier alpha value is -0.480. The molecule has 1 saturated heterocycles. The lowest BCUT2D eigenvalue weighted by Crippen LogP contribution is -2.30. The van der Waals surface area contributed by atoms with Crippen molar-refractivity contribution in [3.8, 4) is 0 Å². The Labute approximate surface area is 109 Å². The molecule has 1 fully saturated rings. The van der Waals surface area contributed by atoms with Crippen LogP contribution in [0.15, 0.2) is 12.4 Å². The molecular weight excluding hydrogens is 230 g/mol. The van der Waals surface area contributed by atoms with Crippen LogP contribution in [0.25, 0.3) is 0 Å². The van der Waals surface area contributed by atoms with E-state index in [1.54, 1.807) is 0 Å². The third-order valence-corrected chi connectivity index (χ3v) is 4.59. The Morgan fingerprint density at radius 2 is 2.35 bits per heavy atom. The molecule has 0 bridgehead atoms. The topological polar surface area (TPSA) is 21.1 Å². The Kier molecular flexibility index (Phi) is 4.92. The van der Waals surface area contributed by atoms with Crippen molar-refractivity contribution in [3.05, 3.63) is 18.2 Å². The number of hydrogen-bond donors (Lipinski definition) is 0. The van der Waals surface area contributed by atoms with Gasteiger partial charge in [-0.15, -0.1) is 0 Å². The molecule has 0 saturated carbocycles. The van der Waals surface area contributed by atoms with Crippen LogP contribution in [-0.4, -0.2) is 38.5 Å². The lowest BCUT2D eigenvalue weighted by Gasteiger charge is -2.23. The van der Waals surface area contributed by atoms with Gasteiger partial charge >= 0.3 is 0 Å². The maximum absolute atomic E-state index is 4.43. The summed E-state index contributed by atoms with van der Waals surface area (Å²) in [7, 11) is 2.08. The monoisotopic (exact) mass is 253 g/mol. The number of hydrogen-bond acceptors (Lipinski definition) is 3. The molecule has 2 heterocycles. The molecule has 0 amide bonds. The van der Waals surface area contributed by atoms with E-state index in [4.69, 9.17) is 0 Å². The number of likely N-dealkylation sites (tertiary alicyclic amines) is 1. The van der Waals surface area contributed by atoms with Gasteiger partial charge in [-0.2, -0.15) is 11.8 Å². The van der Waals surface area contributed by atoms with E-state index >= 15 is 0 Å². The first-order valence-electron chi connectivity index (χ1n) is 6.59. The van der Waals surface area contributed by atoms with Gasteiger partial charge in [0.05, 0.1) is 6.54 Å². The van der Waals surface area contributed by atoms with Gasteiger partial charge in [0.1, 0.15) is 5.82 Å². The second-order valence-electron chi connectivity index (χ2n) is 4.76. The van der Waals surface area contributed by atoms with Crippen molar-refractivity contribution < 1.29 is 0 Å². The SMILES string of the molecule is CCS[C@H]1CCCCN(Cc2nccn2C)C1. The Morgan fingerprint density at radius 3 is 3.06 bits per heavy atom. The van der Waals surface area contributed by atoms with Crippen LogP contribution in [0.2, 0.25) is 0 Å². The van der Waals surface area contributed by atoms with Crippen molar-refractivity contribution in [2.24, 2.45) is 7.05 Å². The number of imidazole rings is 1. The minimum atomic E-state index is 0.822.